The SMILES string of the molecule is COc1ccc(C)cc1CN(C)C(=O)CNC1CC1. The summed E-state index contributed by atoms with van der Waals surface area (Å²) in [6.45, 7) is 3.05. The molecule has 4 nitrogen and oxygen atoms in total. The van der Waals surface area contributed by atoms with Crippen LogP contribution in [0.1, 0.15) is 24.0 Å². The molecule has 0 spiro atoms. The molecule has 2 rings (SSSR count). The largest absolute Gasteiger partial charge is 0.496 e. The Bertz CT molecular complexity index is 455. The zero-order valence-corrected chi connectivity index (χ0v) is 11.9. The number of rotatable bonds is 6. The minimum absolute atomic E-state index is 0.121. The van der Waals surface area contributed by atoms with E-state index in [0.29, 0.717) is 19.1 Å². The maximum atomic E-state index is 12.0. The van der Waals surface area contributed by atoms with Gasteiger partial charge in [-0.05, 0) is 25.8 Å². The van der Waals surface area contributed by atoms with Gasteiger partial charge in [0.25, 0.3) is 0 Å². The molecule has 0 aromatic heterocycles. The van der Waals surface area contributed by atoms with Gasteiger partial charge in [-0.15, -0.1) is 0 Å². The van der Waals surface area contributed by atoms with Gasteiger partial charge in [0.1, 0.15) is 5.75 Å². The lowest BCUT2D eigenvalue weighted by atomic mass is 10.1. The van der Waals surface area contributed by atoms with E-state index in [1.165, 1.54) is 18.4 Å². The first-order valence-corrected chi connectivity index (χ1v) is 6.71. The molecule has 1 fully saturated rings. The average molecular weight is 262 g/mol. The normalized spacial score (nSPS) is 14.3. The van der Waals surface area contributed by atoms with Gasteiger partial charge in [-0.2, -0.15) is 0 Å². The number of hydrogen-bond acceptors (Lipinski definition) is 3. The summed E-state index contributed by atoms with van der Waals surface area (Å²) in [5.41, 5.74) is 2.22. The molecule has 1 N–H and O–H groups in total. The molecule has 1 amide bonds. The van der Waals surface area contributed by atoms with E-state index in [-0.39, 0.29) is 5.91 Å². The predicted octanol–water partition coefficient (Wildman–Crippen LogP) is 1.71. The van der Waals surface area contributed by atoms with E-state index in [4.69, 9.17) is 4.74 Å². The van der Waals surface area contributed by atoms with Gasteiger partial charge in [0.15, 0.2) is 0 Å². The van der Waals surface area contributed by atoms with Gasteiger partial charge in [0.2, 0.25) is 5.91 Å². The first-order valence-electron chi connectivity index (χ1n) is 6.71. The van der Waals surface area contributed by atoms with Crippen LogP contribution in [0.25, 0.3) is 0 Å². The van der Waals surface area contributed by atoms with Crippen molar-refractivity contribution in [3.63, 3.8) is 0 Å². The Balaban J connectivity index is 1.94. The molecule has 0 bridgehead atoms. The van der Waals surface area contributed by atoms with Crippen LogP contribution in [0.15, 0.2) is 18.2 Å². The van der Waals surface area contributed by atoms with Crippen molar-refractivity contribution in [2.24, 2.45) is 0 Å². The Morgan fingerprint density at radius 3 is 2.84 bits per heavy atom. The Kier molecular flexibility index (Phi) is 4.43. The number of nitrogens with zero attached hydrogens (tertiary/aromatic N) is 1. The molecule has 4 heteroatoms. The van der Waals surface area contributed by atoms with Crippen LogP contribution in [0, 0.1) is 6.92 Å². The third kappa shape index (κ3) is 3.96. The average Bonchev–Trinajstić information content (AvgIpc) is 3.20. The summed E-state index contributed by atoms with van der Waals surface area (Å²) in [7, 11) is 3.49. The summed E-state index contributed by atoms with van der Waals surface area (Å²) >= 11 is 0. The minimum Gasteiger partial charge on any atom is -0.496 e. The molecule has 0 radical (unpaired) electrons. The number of hydrogen-bond donors (Lipinski definition) is 1. The van der Waals surface area contributed by atoms with Gasteiger partial charge in [0.05, 0.1) is 13.7 Å². The lowest BCUT2D eigenvalue weighted by Crippen LogP contribution is -2.36. The monoisotopic (exact) mass is 262 g/mol. The van der Waals surface area contributed by atoms with E-state index in [9.17, 15) is 4.79 Å². The highest BCUT2D eigenvalue weighted by molar-refractivity contribution is 5.78. The highest BCUT2D eigenvalue weighted by Crippen LogP contribution is 2.21. The second-order valence-corrected chi connectivity index (χ2v) is 5.22. The number of benzene rings is 1. The Morgan fingerprint density at radius 1 is 1.47 bits per heavy atom. The molecule has 0 heterocycles. The van der Waals surface area contributed by atoms with Gasteiger partial charge in [-0.25, -0.2) is 0 Å². The van der Waals surface area contributed by atoms with E-state index in [2.05, 4.69) is 11.4 Å². The summed E-state index contributed by atoms with van der Waals surface area (Å²) in [6.07, 6.45) is 2.39. The summed E-state index contributed by atoms with van der Waals surface area (Å²) in [4.78, 5) is 13.7. The minimum atomic E-state index is 0.121. The van der Waals surface area contributed by atoms with Crippen LogP contribution >= 0.6 is 0 Å². The van der Waals surface area contributed by atoms with Crippen molar-refractivity contribution in [3.8, 4) is 5.75 Å². The van der Waals surface area contributed by atoms with Crippen molar-refractivity contribution in [2.45, 2.75) is 32.4 Å². The fraction of sp³-hybridized carbons (Fsp3) is 0.533. The van der Waals surface area contributed by atoms with Crippen molar-refractivity contribution in [1.82, 2.24) is 10.2 Å². The number of aryl methyl sites for hydroxylation is 1. The summed E-state index contributed by atoms with van der Waals surface area (Å²) in [5.74, 6) is 0.955. The first-order chi connectivity index (χ1) is 9.10. The zero-order chi connectivity index (χ0) is 13.8. The molecule has 0 unspecified atom stereocenters. The van der Waals surface area contributed by atoms with Crippen molar-refractivity contribution < 1.29 is 9.53 Å². The van der Waals surface area contributed by atoms with Crippen LogP contribution in [-0.2, 0) is 11.3 Å². The number of carbonyl (C=O) groups is 1. The third-order valence-corrected chi connectivity index (χ3v) is 3.39. The van der Waals surface area contributed by atoms with E-state index >= 15 is 0 Å². The molecule has 1 aromatic carbocycles. The fourth-order valence-corrected chi connectivity index (χ4v) is 2.03. The second kappa shape index (κ2) is 6.06. The Morgan fingerprint density at radius 2 is 2.21 bits per heavy atom. The molecule has 1 aliphatic carbocycles. The number of ether oxygens (including phenoxy) is 1. The summed E-state index contributed by atoms with van der Waals surface area (Å²) < 4.78 is 5.34. The van der Waals surface area contributed by atoms with Gasteiger partial charge >= 0.3 is 0 Å². The topological polar surface area (TPSA) is 41.6 Å². The quantitative estimate of drug-likeness (QED) is 0.848. The van der Waals surface area contributed by atoms with Crippen molar-refractivity contribution in [3.05, 3.63) is 29.3 Å². The molecule has 0 atom stereocenters. The molecule has 1 aromatic rings. The molecule has 1 aliphatic rings. The number of methoxy groups -OCH3 is 1. The van der Waals surface area contributed by atoms with Crippen LogP contribution in [0.2, 0.25) is 0 Å². The first kappa shape index (κ1) is 13.9. The summed E-state index contributed by atoms with van der Waals surface area (Å²) in [5, 5.41) is 3.24. The van der Waals surface area contributed by atoms with Crippen molar-refractivity contribution in [2.75, 3.05) is 20.7 Å². The van der Waals surface area contributed by atoms with E-state index in [1.807, 2.05) is 26.1 Å². The number of carbonyl (C=O) groups excluding carboxylic acids is 1. The lowest BCUT2D eigenvalue weighted by Gasteiger charge is -2.19. The van der Waals surface area contributed by atoms with Gasteiger partial charge in [-0.3, -0.25) is 4.79 Å². The van der Waals surface area contributed by atoms with E-state index in [0.717, 1.165) is 11.3 Å². The molecular weight excluding hydrogens is 240 g/mol. The lowest BCUT2D eigenvalue weighted by molar-refractivity contribution is -0.129. The van der Waals surface area contributed by atoms with Crippen LogP contribution < -0.4 is 10.1 Å². The maximum absolute atomic E-state index is 12.0. The molecule has 0 saturated heterocycles. The van der Waals surface area contributed by atoms with Crippen LogP contribution in [0.4, 0.5) is 0 Å². The molecule has 1 saturated carbocycles. The highest BCUT2D eigenvalue weighted by Gasteiger charge is 2.22. The van der Waals surface area contributed by atoms with E-state index < -0.39 is 0 Å². The fourth-order valence-electron chi connectivity index (χ4n) is 2.03. The second-order valence-electron chi connectivity index (χ2n) is 5.22. The maximum Gasteiger partial charge on any atom is 0.236 e. The van der Waals surface area contributed by atoms with Crippen LogP contribution in [0.5, 0.6) is 5.75 Å². The third-order valence-electron chi connectivity index (χ3n) is 3.39. The van der Waals surface area contributed by atoms with Crippen LogP contribution in [0.3, 0.4) is 0 Å². The molecular formula is C15H22N2O2. The molecule has 19 heavy (non-hydrogen) atoms. The van der Waals surface area contributed by atoms with Crippen LogP contribution in [-0.4, -0.2) is 37.6 Å². The van der Waals surface area contributed by atoms with Gasteiger partial charge in [-0.1, -0.05) is 17.7 Å². The summed E-state index contributed by atoms with van der Waals surface area (Å²) in [6, 6.07) is 6.59. The number of likely N-dealkylation sites (N-methyl/N-ethyl adjacent to an activating group) is 1. The highest BCUT2D eigenvalue weighted by atomic mass is 16.5. The number of nitrogens with one attached hydrogen (secondary N) is 1. The van der Waals surface area contributed by atoms with Crippen molar-refractivity contribution >= 4 is 5.91 Å². The Hall–Kier alpha value is -1.55. The zero-order valence-electron chi connectivity index (χ0n) is 11.9. The molecule has 0 aliphatic heterocycles. The predicted molar refractivity (Wildman–Crippen MR) is 75.2 cm³/mol. The van der Waals surface area contributed by atoms with Gasteiger partial charge in [0, 0.05) is 25.2 Å². The Labute approximate surface area is 114 Å². The van der Waals surface area contributed by atoms with E-state index in [1.54, 1.807) is 12.0 Å². The number of amides is 1. The van der Waals surface area contributed by atoms with Crippen molar-refractivity contribution in [1.29, 1.82) is 0 Å². The molecule has 104 valence electrons. The smallest absolute Gasteiger partial charge is 0.236 e. The van der Waals surface area contributed by atoms with Gasteiger partial charge < -0.3 is 15.0 Å². The standard InChI is InChI=1S/C15H22N2O2/c1-11-4-7-14(19-3)12(8-11)10-17(2)15(18)9-16-13-5-6-13/h4,7-8,13,16H,5-6,9-10H2,1-3H3.